The van der Waals surface area contributed by atoms with Crippen molar-refractivity contribution in [3.05, 3.63) is 12.7 Å². The van der Waals surface area contributed by atoms with Crippen molar-refractivity contribution in [2.24, 2.45) is 0 Å². The van der Waals surface area contributed by atoms with Gasteiger partial charge in [-0.3, -0.25) is 14.4 Å². The van der Waals surface area contributed by atoms with Gasteiger partial charge in [-0.25, -0.2) is 0 Å². The van der Waals surface area contributed by atoms with Gasteiger partial charge in [-0.2, -0.15) is 0 Å². The minimum Gasteiger partial charge on any atom is -0.463 e. The molecule has 0 aromatic carbocycles. The van der Waals surface area contributed by atoms with Crippen molar-refractivity contribution in [1.29, 1.82) is 0 Å². The molecule has 0 unspecified atom stereocenters. The zero-order valence-electron chi connectivity index (χ0n) is 13.8. The molecule has 9 nitrogen and oxygen atoms in total. The van der Waals surface area contributed by atoms with E-state index in [-0.39, 0.29) is 13.2 Å². The fraction of sp³-hybridized carbons (Fsp3) is 0.667. The van der Waals surface area contributed by atoms with Gasteiger partial charge in [0.05, 0.1) is 6.61 Å². The lowest BCUT2D eigenvalue weighted by atomic mass is 9.98. The number of aliphatic hydroxyl groups is 1. The molecule has 5 atom stereocenters. The molecule has 1 aliphatic rings. The summed E-state index contributed by atoms with van der Waals surface area (Å²) in [6, 6.07) is 0. The van der Waals surface area contributed by atoms with Gasteiger partial charge in [0.25, 0.3) is 0 Å². The van der Waals surface area contributed by atoms with E-state index in [2.05, 4.69) is 6.58 Å². The third-order valence-corrected chi connectivity index (χ3v) is 3.05. The number of hydrogen-bond acceptors (Lipinski definition) is 9. The molecule has 9 heteroatoms. The summed E-state index contributed by atoms with van der Waals surface area (Å²) in [6.45, 7) is 6.78. The van der Waals surface area contributed by atoms with Crippen LogP contribution in [0.3, 0.4) is 0 Å². The predicted molar refractivity (Wildman–Crippen MR) is 78.6 cm³/mol. The van der Waals surface area contributed by atoms with Crippen LogP contribution in [0.25, 0.3) is 0 Å². The van der Waals surface area contributed by atoms with Crippen molar-refractivity contribution in [2.75, 3.05) is 13.2 Å². The summed E-state index contributed by atoms with van der Waals surface area (Å²) >= 11 is 0. The highest BCUT2D eigenvalue weighted by atomic mass is 16.7. The normalized spacial score (nSPS) is 29.4. The number of hydrogen-bond donors (Lipinski definition) is 1. The van der Waals surface area contributed by atoms with Crippen molar-refractivity contribution in [2.45, 2.75) is 51.5 Å². The Morgan fingerprint density at radius 3 is 2.17 bits per heavy atom. The Morgan fingerprint density at radius 2 is 1.67 bits per heavy atom. The van der Waals surface area contributed by atoms with Crippen LogP contribution >= 0.6 is 0 Å². The average molecular weight is 346 g/mol. The van der Waals surface area contributed by atoms with Crippen LogP contribution in [0, 0.1) is 0 Å². The Kier molecular flexibility index (Phi) is 7.83. The minimum absolute atomic E-state index is 0.0625. The van der Waals surface area contributed by atoms with Gasteiger partial charge < -0.3 is 28.8 Å². The second-order valence-electron chi connectivity index (χ2n) is 5.11. The second kappa shape index (κ2) is 9.36. The molecule has 0 aromatic rings. The van der Waals surface area contributed by atoms with E-state index in [9.17, 15) is 19.5 Å². The molecule has 0 amide bonds. The molecule has 1 saturated heterocycles. The van der Waals surface area contributed by atoms with Crippen molar-refractivity contribution < 1.29 is 43.2 Å². The van der Waals surface area contributed by atoms with E-state index in [0.29, 0.717) is 0 Å². The average Bonchev–Trinajstić information content (AvgIpc) is 2.48. The van der Waals surface area contributed by atoms with Gasteiger partial charge in [-0.15, -0.1) is 6.58 Å². The summed E-state index contributed by atoms with van der Waals surface area (Å²) in [5, 5.41) is 10.3. The Labute approximate surface area is 139 Å². The molecule has 1 rings (SSSR count). The largest absolute Gasteiger partial charge is 0.463 e. The van der Waals surface area contributed by atoms with Crippen LogP contribution in [0.4, 0.5) is 0 Å². The molecular weight excluding hydrogens is 324 g/mol. The third kappa shape index (κ3) is 5.91. The number of ether oxygens (including phenoxy) is 5. The van der Waals surface area contributed by atoms with Crippen LogP contribution in [0.1, 0.15) is 20.8 Å². The fourth-order valence-corrected chi connectivity index (χ4v) is 2.19. The summed E-state index contributed by atoms with van der Waals surface area (Å²) in [5.74, 6) is -1.93. The molecule has 136 valence electrons. The monoisotopic (exact) mass is 346 g/mol. The molecule has 0 aromatic heterocycles. The van der Waals surface area contributed by atoms with Crippen LogP contribution in [0.15, 0.2) is 12.7 Å². The summed E-state index contributed by atoms with van der Waals surface area (Å²) in [4.78, 5) is 33.7. The first-order valence-corrected chi connectivity index (χ1v) is 7.30. The Balaban J connectivity index is 3.03. The van der Waals surface area contributed by atoms with Crippen molar-refractivity contribution in [1.82, 2.24) is 0 Å². The second-order valence-corrected chi connectivity index (χ2v) is 5.11. The number of rotatable bonds is 7. The SMILES string of the molecule is C=CCO[C@@H]1O[C@H](COC(C)=O)[C@@H](OC(C)=O)[C@H](OC(C)=O)[C@H]1O. The zero-order valence-corrected chi connectivity index (χ0v) is 13.8. The molecule has 0 radical (unpaired) electrons. The van der Waals surface area contributed by atoms with Crippen LogP contribution in [0.2, 0.25) is 0 Å². The summed E-state index contributed by atoms with van der Waals surface area (Å²) in [6.07, 6.45) is -4.54. The fourth-order valence-electron chi connectivity index (χ4n) is 2.19. The molecule has 1 fully saturated rings. The minimum atomic E-state index is -1.41. The van der Waals surface area contributed by atoms with E-state index in [1.54, 1.807) is 0 Å². The first-order chi connectivity index (χ1) is 11.3. The maximum absolute atomic E-state index is 11.3. The van der Waals surface area contributed by atoms with Gasteiger partial charge in [0.15, 0.2) is 18.5 Å². The Bertz CT molecular complexity index is 476. The standard InChI is InChI=1S/C15H22O9/c1-5-6-20-15-12(19)14(23-10(4)18)13(22-9(3)17)11(24-15)7-21-8(2)16/h5,11-15,19H,1,6-7H2,2-4H3/t11-,12-,13-,14-,15-/m1/s1. The molecule has 1 N–H and O–H groups in total. The van der Waals surface area contributed by atoms with Crippen molar-refractivity contribution in [3.63, 3.8) is 0 Å². The van der Waals surface area contributed by atoms with Gasteiger partial charge >= 0.3 is 17.9 Å². The lowest BCUT2D eigenvalue weighted by Gasteiger charge is -2.42. The van der Waals surface area contributed by atoms with Crippen molar-refractivity contribution >= 4 is 17.9 Å². The van der Waals surface area contributed by atoms with Crippen LogP contribution in [-0.4, -0.2) is 66.9 Å². The van der Waals surface area contributed by atoms with Gasteiger partial charge in [-0.05, 0) is 0 Å². The smallest absolute Gasteiger partial charge is 0.303 e. The molecule has 24 heavy (non-hydrogen) atoms. The molecule has 0 saturated carbocycles. The van der Waals surface area contributed by atoms with Crippen LogP contribution < -0.4 is 0 Å². The molecule has 0 spiro atoms. The molecule has 0 bridgehead atoms. The number of carbonyl (C=O) groups excluding carboxylic acids is 3. The van der Waals surface area contributed by atoms with E-state index in [0.717, 1.165) is 13.8 Å². The predicted octanol–water partition coefficient (Wildman–Crippen LogP) is -0.299. The zero-order chi connectivity index (χ0) is 18.3. The van der Waals surface area contributed by atoms with Crippen molar-refractivity contribution in [3.8, 4) is 0 Å². The highest BCUT2D eigenvalue weighted by molar-refractivity contribution is 5.67. The molecule has 0 aliphatic carbocycles. The molecular formula is C15H22O9. The maximum atomic E-state index is 11.3. The lowest BCUT2D eigenvalue weighted by Crippen LogP contribution is -2.61. The molecule has 1 heterocycles. The van der Waals surface area contributed by atoms with E-state index < -0.39 is 48.6 Å². The van der Waals surface area contributed by atoms with E-state index in [4.69, 9.17) is 23.7 Å². The Morgan fingerprint density at radius 1 is 1.08 bits per heavy atom. The van der Waals surface area contributed by atoms with E-state index in [1.807, 2.05) is 0 Å². The first kappa shape index (κ1) is 20.1. The van der Waals surface area contributed by atoms with Gasteiger partial charge in [0.1, 0.15) is 18.8 Å². The van der Waals surface area contributed by atoms with E-state index >= 15 is 0 Å². The number of carbonyl (C=O) groups is 3. The molecule has 1 aliphatic heterocycles. The highest BCUT2D eigenvalue weighted by Gasteiger charge is 2.50. The number of esters is 3. The van der Waals surface area contributed by atoms with Crippen LogP contribution in [-0.2, 0) is 38.1 Å². The third-order valence-electron chi connectivity index (χ3n) is 3.05. The summed E-state index contributed by atoms with van der Waals surface area (Å²) in [7, 11) is 0. The van der Waals surface area contributed by atoms with E-state index in [1.165, 1.54) is 13.0 Å². The lowest BCUT2D eigenvalue weighted by molar-refractivity contribution is -0.303. The maximum Gasteiger partial charge on any atom is 0.303 e. The van der Waals surface area contributed by atoms with Gasteiger partial charge in [0.2, 0.25) is 0 Å². The summed E-state index contributed by atoms with van der Waals surface area (Å²) < 4.78 is 25.9. The summed E-state index contributed by atoms with van der Waals surface area (Å²) in [5.41, 5.74) is 0. The quantitative estimate of drug-likeness (QED) is 0.376. The topological polar surface area (TPSA) is 118 Å². The van der Waals surface area contributed by atoms with Gasteiger partial charge in [-0.1, -0.05) is 6.08 Å². The first-order valence-electron chi connectivity index (χ1n) is 7.30. The highest BCUT2D eigenvalue weighted by Crippen LogP contribution is 2.27. The Hall–Kier alpha value is -1.97. The van der Waals surface area contributed by atoms with Gasteiger partial charge in [0, 0.05) is 20.8 Å². The van der Waals surface area contributed by atoms with Crippen LogP contribution in [0.5, 0.6) is 0 Å². The number of aliphatic hydroxyl groups excluding tert-OH is 1.